The number of thioether (sulfide) groups is 1. The second-order valence-electron chi connectivity index (χ2n) is 8.88. The molecular weight excluding hydrogens is 682 g/mol. The summed E-state index contributed by atoms with van der Waals surface area (Å²) < 4.78 is 25.1. The number of halogens is 4. The van der Waals surface area contributed by atoms with E-state index in [1.54, 1.807) is 54.6 Å². The third-order valence-electron chi connectivity index (χ3n) is 5.85. The number of ether oxygens (including phenoxy) is 1. The molecule has 1 saturated heterocycles. The lowest BCUT2D eigenvalue weighted by Crippen LogP contribution is -2.28. The van der Waals surface area contributed by atoms with Crippen molar-refractivity contribution in [3.05, 3.63) is 121 Å². The maximum absolute atomic E-state index is 13.5. The quantitative estimate of drug-likeness (QED) is 0.108. The molecule has 43 heavy (non-hydrogen) atoms. The zero-order chi connectivity index (χ0) is 30.3. The monoisotopic (exact) mass is 700 g/mol. The van der Waals surface area contributed by atoms with Crippen molar-refractivity contribution >= 4 is 85.9 Å². The molecule has 2 heterocycles. The van der Waals surface area contributed by atoms with E-state index in [1.807, 2.05) is 0 Å². The Morgan fingerprint density at radius 2 is 1.91 bits per heavy atom. The molecule has 8 nitrogen and oxygen atoms in total. The average molecular weight is 702 g/mol. The van der Waals surface area contributed by atoms with Gasteiger partial charge >= 0.3 is 0 Å². The number of hydrogen-bond donors (Lipinski definition) is 1. The van der Waals surface area contributed by atoms with Gasteiger partial charge in [0.2, 0.25) is 0 Å². The van der Waals surface area contributed by atoms with Gasteiger partial charge in [-0.2, -0.15) is 5.10 Å². The van der Waals surface area contributed by atoms with Crippen molar-refractivity contribution in [3.63, 3.8) is 0 Å². The SMILES string of the molecule is O=C(COc1ccc(Br)cc1/C=C1\S/C(=N/N=C\c2cccc(Cl)c2Cl)N(Cc2ccco2)C1=O)Nc1ccc(F)cc1. The van der Waals surface area contributed by atoms with Crippen LogP contribution in [0.25, 0.3) is 6.08 Å². The van der Waals surface area contributed by atoms with Crippen molar-refractivity contribution < 1.29 is 23.1 Å². The number of nitrogens with one attached hydrogen (secondary N) is 1. The van der Waals surface area contributed by atoms with Gasteiger partial charge in [-0.15, -0.1) is 5.10 Å². The zero-order valence-electron chi connectivity index (χ0n) is 22.0. The molecular formula is C30H20BrCl2FN4O4S. The lowest BCUT2D eigenvalue weighted by atomic mass is 10.2. The molecule has 1 aliphatic rings. The fraction of sp³-hybridized carbons (Fsp3) is 0.0667. The Balaban J connectivity index is 1.38. The molecule has 4 aromatic rings. The van der Waals surface area contributed by atoms with Gasteiger partial charge in [0.1, 0.15) is 17.3 Å². The van der Waals surface area contributed by atoms with E-state index < -0.39 is 11.7 Å². The number of nitrogens with zero attached hydrogens (tertiary/aromatic N) is 3. The number of furan rings is 1. The molecule has 5 rings (SSSR count). The molecule has 0 spiro atoms. The van der Waals surface area contributed by atoms with E-state index in [0.29, 0.717) is 48.4 Å². The van der Waals surface area contributed by atoms with Gasteiger partial charge in [0.15, 0.2) is 11.8 Å². The molecule has 3 aromatic carbocycles. The number of amidine groups is 1. The molecule has 0 aliphatic carbocycles. The molecule has 1 aromatic heterocycles. The first kappa shape index (κ1) is 30.6. The van der Waals surface area contributed by atoms with Crippen LogP contribution in [0.4, 0.5) is 10.1 Å². The Kier molecular flexibility index (Phi) is 9.98. The fourth-order valence-electron chi connectivity index (χ4n) is 3.82. The summed E-state index contributed by atoms with van der Waals surface area (Å²) in [6.45, 7) is -0.178. The standard InChI is InChI=1S/C30H20BrCl2FN4O4S/c31-20-6-11-25(42-17-27(39)36-22-9-7-21(34)8-10-22)19(13-20)14-26-29(40)38(16-23-4-2-12-41-23)30(43-26)37-35-15-18-3-1-5-24(32)28(18)33/h1-15H,16-17H2,(H,36,39)/b26-14-,35-15-,37-30+. The number of benzene rings is 3. The first-order valence-corrected chi connectivity index (χ1v) is 14.9. The Bertz CT molecular complexity index is 1750. The van der Waals surface area contributed by atoms with Crippen LogP contribution in [0.3, 0.4) is 0 Å². The highest BCUT2D eigenvalue weighted by atomic mass is 79.9. The van der Waals surface area contributed by atoms with Crippen LogP contribution in [-0.2, 0) is 16.1 Å². The number of carbonyl (C=O) groups is 2. The predicted molar refractivity (Wildman–Crippen MR) is 171 cm³/mol. The van der Waals surface area contributed by atoms with E-state index in [4.69, 9.17) is 32.4 Å². The molecule has 0 unspecified atom stereocenters. The Morgan fingerprint density at radius 1 is 1.09 bits per heavy atom. The number of amides is 2. The molecule has 218 valence electrons. The molecule has 1 aliphatic heterocycles. The van der Waals surface area contributed by atoms with Crippen LogP contribution in [0.2, 0.25) is 10.0 Å². The smallest absolute Gasteiger partial charge is 0.267 e. The highest BCUT2D eigenvalue weighted by Gasteiger charge is 2.34. The molecule has 2 amide bonds. The Hall–Kier alpha value is -3.90. The minimum Gasteiger partial charge on any atom is -0.483 e. The van der Waals surface area contributed by atoms with Gasteiger partial charge in [0.05, 0.1) is 34.0 Å². The Morgan fingerprint density at radius 3 is 2.67 bits per heavy atom. The van der Waals surface area contributed by atoms with Gasteiger partial charge in [-0.3, -0.25) is 14.5 Å². The van der Waals surface area contributed by atoms with Crippen molar-refractivity contribution in [2.75, 3.05) is 11.9 Å². The summed E-state index contributed by atoms with van der Waals surface area (Å²) >= 11 is 16.9. The molecule has 0 bridgehead atoms. The topological polar surface area (TPSA) is 96.5 Å². The molecule has 1 fully saturated rings. The van der Waals surface area contributed by atoms with E-state index in [1.165, 1.54) is 41.6 Å². The lowest BCUT2D eigenvalue weighted by Gasteiger charge is -2.13. The van der Waals surface area contributed by atoms with E-state index in [-0.39, 0.29) is 19.1 Å². The summed E-state index contributed by atoms with van der Waals surface area (Å²) in [5.41, 5.74) is 1.55. The fourth-order valence-corrected chi connectivity index (χ4v) is 5.48. The van der Waals surface area contributed by atoms with Gasteiger partial charge in [-0.05, 0) is 78.5 Å². The second-order valence-corrected chi connectivity index (χ2v) is 11.6. The third-order valence-corrected chi connectivity index (χ3v) is 8.17. The number of rotatable bonds is 9. The molecule has 0 atom stereocenters. The van der Waals surface area contributed by atoms with Crippen molar-refractivity contribution in [1.29, 1.82) is 0 Å². The maximum atomic E-state index is 13.5. The maximum Gasteiger partial charge on any atom is 0.267 e. The van der Waals surface area contributed by atoms with E-state index in [9.17, 15) is 14.0 Å². The summed E-state index contributed by atoms with van der Waals surface area (Å²) in [5.74, 6) is -0.236. The normalized spacial score (nSPS) is 15.2. The number of carbonyl (C=O) groups excluding carboxylic acids is 2. The highest BCUT2D eigenvalue weighted by Crippen LogP contribution is 2.36. The zero-order valence-corrected chi connectivity index (χ0v) is 25.9. The van der Waals surface area contributed by atoms with Crippen molar-refractivity contribution in [2.45, 2.75) is 6.54 Å². The largest absolute Gasteiger partial charge is 0.483 e. The minimum absolute atomic E-state index is 0.133. The van der Waals surface area contributed by atoms with Gasteiger partial charge in [-0.1, -0.05) is 51.3 Å². The van der Waals surface area contributed by atoms with Crippen LogP contribution < -0.4 is 10.1 Å². The predicted octanol–water partition coefficient (Wildman–Crippen LogP) is 8.01. The first-order chi connectivity index (χ1) is 20.8. The van der Waals surface area contributed by atoms with Crippen molar-refractivity contribution in [2.24, 2.45) is 10.2 Å². The summed E-state index contributed by atoms with van der Waals surface area (Å²) in [5, 5.41) is 12.1. The van der Waals surface area contributed by atoms with Crippen LogP contribution in [0.5, 0.6) is 5.75 Å². The average Bonchev–Trinajstić information content (AvgIpc) is 3.60. The van der Waals surface area contributed by atoms with Gasteiger partial charge in [0, 0.05) is 21.3 Å². The van der Waals surface area contributed by atoms with Gasteiger partial charge in [-0.25, -0.2) is 4.39 Å². The number of anilines is 1. The van der Waals surface area contributed by atoms with Crippen molar-refractivity contribution in [1.82, 2.24) is 4.90 Å². The van der Waals surface area contributed by atoms with Crippen LogP contribution >= 0.6 is 50.9 Å². The Labute approximate surface area is 268 Å². The minimum atomic E-state index is -0.434. The third kappa shape index (κ3) is 7.94. The highest BCUT2D eigenvalue weighted by molar-refractivity contribution is 9.10. The van der Waals surface area contributed by atoms with Gasteiger partial charge < -0.3 is 14.5 Å². The van der Waals surface area contributed by atoms with Crippen LogP contribution in [-0.4, -0.2) is 34.7 Å². The molecule has 0 radical (unpaired) electrons. The van der Waals surface area contributed by atoms with Crippen LogP contribution in [0.15, 0.2) is 103 Å². The summed E-state index contributed by atoms with van der Waals surface area (Å²) in [4.78, 5) is 27.8. The number of hydrogen-bond acceptors (Lipinski definition) is 7. The molecule has 1 N–H and O–H groups in total. The van der Waals surface area contributed by atoms with E-state index >= 15 is 0 Å². The summed E-state index contributed by atoms with van der Waals surface area (Å²) in [7, 11) is 0. The van der Waals surface area contributed by atoms with Crippen LogP contribution in [0, 0.1) is 5.82 Å². The summed E-state index contributed by atoms with van der Waals surface area (Å²) in [6.07, 6.45) is 4.63. The van der Waals surface area contributed by atoms with E-state index in [2.05, 4.69) is 31.4 Å². The van der Waals surface area contributed by atoms with Crippen molar-refractivity contribution in [3.8, 4) is 5.75 Å². The first-order valence-electron chi connectivity index (χ1n) is 12.5. The molecule has 13 heteroatoms. The second kappa shape index (κ2) is 14.0. The summed E-state index contributed by atoms with van der Waals surface area (Å²) in [6, 6.07) is 19.2. The van der Waals surface area contributed by atoms with E-state index in [0.717, 1.165) is 16.2 Å². The molecule has 0 saturated carbocycles. The van der Waals surface area contributed by atoms with Gasteiger partial charge in [0.25, 0.3) is 11.8 Å². The van der Waals surface area contributed by atoms with Crippen LogP contribution in [0.1, 0.15) is 16.9 Å². The lowest BCUT2D eigenvalue weighted by molar-refractivity contribution is -0.122.